The Morgan fingerprint density at radius 1 is 1.23 bits per heavy atom. The van der Waals surface area contributed by atoms with Crippen LogP contribution in [0.1, 0.15) is 19.4 Å². The molecule has 1 fully saturated rings. The number of β-lactam (4-membered cyclic amide) rings is 1. The molecule has 4 N–H and O–H groups in total. The molecule has 4 rings (SSSR count). The fourth-order valence-corrected chi connectivity index (χ4v) is 4.84. The highest BCUT2D eigenvalue weighted by molar-refractivity contribution is 6.00. The standard InChI is InChI=1S/C23H26N2O5/c1-12-17(21(23(28)29)25-20(12)19(13(2)26)22(25)27)11-30-18-8-4-6-15-14(9-10-24)5-3-7-16(15)18/h3-8,12-13,19-20,26H,9-11,24H2,1-2H3,(H,28,29)/t12-,13+,19+,20?/m0/s1. The van der Waals surface area contributed by atoms with Crippen molar-refractivity contribution >= 4 is 22.6 Å². The van der Waals surface area contributed by atoms with E-state index in [1.165, 1.54) is 4.90 Å². The van der Waals surface area contributed by atoms with E-state index < -0.39 is 18.0 Å². The number of carbonyl (C=O) groups is 2. The number of hydrogen-bond acceptors (Lipinski definition) is 5. The van der Waals surface area contributed by atoms with Crippen LogP contribution in [-0.4, -0.2) is 52.3 Å². The normalized spacial score (nSPS) is 24.1. The van der Waals surface area contributed by atoms with Gasteiger partial charge in [0.15, 0.2) is 0 Å². The average molecular weight is 410 g/mol. The molecule has 7 heteroatoms. The molecule has 2 aromatic carbocycles. The van der Waals surface area contributed by atoms with E-state index in [9.17, 15) is 19.8 Å². The second-order valence-corrected chi connectivity index (χ2v) is 8.03. The van der Waals surface area contributed by atoms with Crippen molar-refractivity contribution < 1.29 is 24.5 Å². The first-order valence-electron chi connectivity index (χ1n) is 10.2. The van der Waals surface area contributed by atoms with Crippen LogP contribution in [-0.2, 0) is 16.0 Å². The smallest absolute Gasteiger partial charge is 0.352 e. The summed E-state index contributed by atoms with van der Waals surface area (Å²) >= 11 is 0. The molecule has 1 unspecified atom stereocenters. The summed E-state index contributed by atoms with van der Waals surface area (Å²) in [7, 11) is 0. The van der Waals surface area contributed by atoms with Crippen LogP contribution in [0.5, 0.6) is 5.75 Å². The summed E-state index contributed by atoms with van der Waals surface area (Å²) in [6.07, 6.45) is -0.0680. The lowest BCUT2D eigenvalue weighted by molar-refractivity contribution is -0.163. The van der Waals surface area contributed by atoms with Gasteiger partial charge in [0, 0.05) is 16.9 Å². The van der Waals surface area contributed by atoms with Gasteiger partial charge in [-0.25, -0.2) is 4.79 Å². The Balaban J connectivity index is 1.65. The maximum Gasteiger partial charge on any atom is 0.352 e. The van der Waals surface area contributed by atoms with E-state index in [0.717, 1.165) is 22.8 Å². The molecule has 7 nitrogen and oxygen atoms in total. The zero-order valence-electron chi connectivity index (χ0n) is 17.0. The molecule has 0 spiro atoms. The summed E-state index contributed by atoms with van der Waals surface area (Å²) in [6.45, 7) is 4.06. The van der Waals surface area contributed by atoms with Gasteiger partial charge >= 0.3 is 5.97 Å². The number of rotatable bonds is 7. The highest BCUT2D eigenvalue weighted by atomic mass is 16.5. The number of nitrogens with zero attached hydrogens (tertiary/aromatic N) is 1. The monoisotopic (exact) mass is 410 g/mol. The molecule has 2 aromatic rings. The topological polar surface area (TPSA) is 113 Å². The van der Waals surface area contributed by atoms with Crippen molar-refractivity contribution in [3.8, 4) is 5.75 Å². The first-order chi connectivity index (χ1) is 14.4. The van der Waals surface area contributed by atoms with Crippen molar-refractivity contribution in [3.63, 3.8) is 0 Å². The number of amides is 1. The Morgan fingerprint density at radius 3 is 2.60 bits per heavy atom. The molecule has 0 aliphatic carbocycles. The highest BCUT2D eigenvalue weighted by Crippen LogP contribution is 2.47. The summed E-state index contributed by atoms with van der Waals surface area (Å²) in [5.41, 5.74) is 7.41. The summed E-state index contributed by atoms with van der Waals surface area (Å²) in [6, 6.07) is 11.4. The molecule has 0 saturated carbocycles. The molecule has 1 saturated heterocycles. The molecular weight excluding hydrogens is 384 g/mol. The van der Waals surface area contributed by atoms with Crippen LogP contribution < -0.4 is 10.5 Å². The van der Waals surface area contributed by atoms with Crippen molar-refractivity contribution in [1.82, 2.24) is 4.90 Å². The second-order valence-electron chi connectivity index (χ2n) is 8.03. The number of fused-ring (bicyclic) bond motifs is 2. The van der Waals surface area contributed by atoms with Gasteiger partial charge in [0.1, 0.15) is 18.1 Å². The molecule has 0 bridgehead atoms. The number of aliphatic hydroxyl groups is 1. The van der Waals surface area contributed by atoms with Gasteiger partial charge in [0.25, 0.3) is 0 Å². The number of benzene rings is 2. The number of carboxylic acid groups (broad SMARTS) is 1. The molecule has 4 atom stereocenters. The van der Waals surface area contributed by atoms with Gasteiger partial charge in [0.05, 0.1) is 18.1 Å². The van der Waals surface area contributed by atoms with E-state index in [4.69, 9.17) is 10.5 Å². The Morgan fingerprint density at radius 2 is 1.93 bits per heavy atom. The molecule has 2 aliphatic heterocycles. The lowest BCUT2D eigenvalue weighted by Gasteiger charge is -2.46. The minimum Gasteiger partial charge on any atom is -0.488 e. The van der Waals surface area contributed by atoms with Crippen LogP contribution in [0.3, 0.4) is 0 Å². The number of ether oxygens (including phenoxy) is 1. The van der Waals surface area contributed by atoms with Crippen LogP contribution in [0.15, 0.2) is 47.7 Å². The van der Waals surface area contributed by atoms with E-state index in [2.05, 4.69) is 0 Å². The van der Waals surface area contributed by atoms with E-state index in [1.807, 2.05) is 43.3 Å². The quantitative estimate of drug-likeness (QED) is 0.601. The van der Waals surface area contributed by atoms with E-state index >= 15 is 0 Å². The fourth-order valence-electron chi connectivity index (χ4n) is 4.84. The van der Waals surface area contributed by atoms with Crippen molar-refractivity contribution in [3.05, 3.63) is 53.2 Å². The Hall–Kier alpha value is -2.90. The Labute approximate surface area is 174 Å². The predicted octanol–water partition coefficient (Wildman–Crippen LogP) is 1.92. The molecule has 1 amide bonds. The maximum absolute atomic E-state index is 12.5. The molecule has 158 valence electrons. The molecular formula is C23H26N2O5. The van der Waals surface area contributed by atoms with Crippen LogP contribution in [0.25, 0.3) is 10.8 Å². The number of nitrogens with two attached hydrogens (primary N) is 1. The van der Waals surface area contributed by atoms with Crippen molar-refractivity contribution in [2.75, 3.05) is 13.2 Å². The second kappa shape index (κ2) is 7.74. The van der Waals surface area contributed by atoms with E-state index in [-0.39, 0.29) is 30.2 Å². The van der Waals surface area contributed by atoms with Gasteiger partial charge < -0.3 is 25.6 Å². The van der Waals surface area contributed by atoms with Gasteiger partial charge in [-0.1, -0.05) is 37.3 Å². The van der Waals surface area contributed by atoms with Gasteiger partial charge in [0.2, 0.25) is 5.91 Å². The number of carboxylic acids is 1. The number of aliphatic hydroxyl groups excluding tert-OH is 1. The first-order valence-corrected chi connectivity index (χ1v) is 10.2. The van der Waals surface area contributed by atoms with Gasteiger partial charge in [-0.05, 0) is 36.9 Å². The number of carbonyl (C=O) groups excluding carboxylic acids is 1. The van der Waals surface area contributed by atoms with Crippen LogP contribution >= 0.6 is 0 Å². The molecule has 2 heterocycles. The Kier molecular flexibility index (Phi) is 5.26. The average Bonchev–Trinajstić information content (AvgIpc) is 2.95. The molecule has 2 aliphatic rings. The third-order valence-electron chi connectivity index (χ3n) is 6.29. The lowest BCUT2D eigenvalue weighted by atomic mass is 9.78. The zero-order chi connectivity index (χ0) is 21.6. The predicted molar refractivity (Wildman–Crippen MR) is 112 cm³/mol. The van der Waals surface area contributed by atoms with Gasteiger partial charge in [-0.3, -0.25) is 4.79 Å². The zero-order valence-corrected chi connectivity index (χ0v) is 17.0. The van der Waals surface area contributed by atoms with Crippen molar-refractivity contribution in [2.45, 2.75) is 32.4 Å². The number of hydrogen-bond donors (Lipinski definition) is 3. The number of aliphatic carboxylic acids is 1. The van der Waals surface area contributed by atoms with Crippen molar-refractivity contribution in [1.29, 1.82) is 0 Å². The Bertz CT molecular complexity index is 1050. The summed E-state index contributed by atoms with van der Waals surface area (Å²) in [5, 5.41) is 21.7. The van der Waals surface area contributed by atoms with Crippen molar-refractivity contribution in [2.24, 2.45) is 17.6 Å². The van der Waals surface area contributed by atoms with Crippen LogP contribution in [0, 0.1) is 11.8 Å². The minimum absolute atomic E-state index is 0.0153. The lowest BCUT2D eigenvalue weighted by Crippen LogP contribution is -2.63. The van der Waals surface area contributed by atoms with E-state index in [1.54, 1.807) is 6.92 Å². The van der Waals surface area contributed by atoms with Gasteiger partial charge in [-0.2, -0.15) is 0 Å². The summed E-state index contributed by atoms with van der Waals surface area (Å²) in [4.78, 5) is 25.7. The molecule has 30 heavy (non-hydrogen) atoms. The molecule has 0 radical (unpaired) electrons. The largest absolute Gasteiger partial charge is 0.488 e. The highest BCUT2D eigenvalue weighted by Gasteiger charge is 2.59. The minimum atomic E-state index is -1.15. The van der Waals surface area contributed by atoms with E-state index in [0.29, 0.717) is 17.9 Å². The molecule has 0 aromatic heterocycles. The summed E-state index contributed by atoms with van der Waals surface area (Å²) < 4.78 is 6.09. The third kappa shape index (κ3) is 3.05. The van der Waals surface area contributed by atoms with Crippen LogP contribution in [0.2, 0.25) is 0 Å². The SMILES string of the molecule is C[C@H]1C(COc2cccc3c(CCN)cccc23)=C(C(=O)O)N2C(=O)[C@H]([C@@H](C)O)C12. The third-order valence-corrected chi connectivity index (χ3v) is 6.29. The van der Waals surface area contributed by atoms with Gasteiger partial charge in [-0.15, -0.1) is 0 Å². The maximum atomic E-state index is 12.5. The first kappa shape index (κ1) is 20.4. The van der Waals surface area contributed by atoms with Crippen LogP contribution in [0.4, 0.5) is 0 Å². The summed E-state index contributed by atoms with van der Waals surface area (Å²) in [5.74, 6) is -1.63. The fraction of sp³-hybridized carbons (Fsp3) is 0.391.